The Hall–Kier alpha value is -0.410. The van der Waals surface area contributed by atoms with Crippen LogP contribution in [0.3, 0.4) is 0 Å². The summed E-state index contributed by atoms with van der Waals surface area (Å²) in [5.41, 5.74) is 0.203. The molecule has 4 atom stereocenters. The summed E-state index contributed by atoms with van der Waals surface area (Å²) in [5, 5.41) is 12.5. The van der Waals surface area contributed by atoms with Gasteiger partial charge in [-0.3, -0.25) is 5.32 Å². The van der Waals surface area contributed by atoms with Crippen LogP contribution in [-0.2, 0) is 4.79 Å². The van der Waals surface area contributed by atoms with Crippen LogP contribution in [-0.4, -0.2) is 23.7 Å². The molecule has 1 saturated carbocycles. The summed E-state index contributed by atoms with van der Waals surface area (Å²) in [6.45, 7) is 4.29. The molecule has 0 spiro atoms. The second-order valence-electron chi connectivity index (χ2n) is 4.66. The fourth-order valence-electron chi connectivity index (χ4n) is 2.87. The minimum absolute atomic E-state index is 0.113. The standard InChI is InChI=1S/C9H15NO2/c1-9(2)3-5-6(4-11)10-8(12)7(5)9/h4-8,10,12H,3H2,1-2H3/t5-,6-,7-,8?/m1/s1. The highest BCUT2D eigenvalue weighted by Gasteiger charge is 2.58. The van der Waals surface area contributed by atoms with Crippen molar-refractivity contribution in [3.8, 4) is 0 Å². The molecule has 3 nitrogen and oxygen atoms in total. The summed E-state index contributed by atoms with van der Waals surface area (Å²) in [6.07, 6.45) is 1.49. The zero-order valence-electron chi connectivity index (χ0n) is 7.45. The Morgan fingerprint density at radius 2 is 2.25 bits per heavy atom. The molecule has 68 valence electrons. The third-order valence-corrected chi connectivity index (χ3v) is 3.44. The Morgan fingerprint density at radius 1 is 1.58 bits per heavy atom. The first-order chi connectivity index (χ1) is 5.56. The molecule has 2 fully saturated rings. The van der Waals surface area contributed by atoms with E-state index in [1.807, 2.05) is 0 Å². The highest BCUT2D eigenvalue weighted by atomic mass is 16.3. The Kier molecular flexibility index (Phi) is 1.57. The Labute approximate surface area is 72.2 Å². The number of aliphatic hydroxyl groups is 1. The Morgan fingerprint density at radius 3 is 2.67 bits per heavy atom. The lowest BCUT2D eigenvalue weighted by molar-refractivity contribution is -0.112. The van der Waals surface area contributed by atoms with Crippen molar-refractivity contribution in [1.82, 2.24) is 5.32 Å². The van der Waals surface area contributed by atoms with Crippen LogP contribution < -0.4 is 5.32 Å². The number of aldehydes is 1. The monoisotopic (exact) mass is 169 g/mol. The van der Waals surface area contributed by atoms with Crippen molar-refractivity contribution in [2.45, 2.75) is 32.5 Å². The van der Waals surface area contributed by atoms with Crippen molar-refractivity contribution in [2.75, 3.05) is 0 Å². The van der Waals surface area contributed by atoms with E-state index >= 15 is 0 Å². The molecule has 0 aromatic carbocycles. The number of hydrogen-bond donors (Lipinski definition) is 2. The van der Waals surface area contributed by atoms with Gasteiger partial charge in [-0.25, -0.2) is 0 Å². The molecule has 1 aliphatic heterocycles. The van der Waals surface area contributed by atoms with Crippen LogP contribution in [0.25, 0.3) is 0 Å². The molecular formula is C9H15NO2. The van der Waals surface area contributed by atoms with E-state index in [4.69, 9.17) is 0 Å². The number of carbonyl (C=O) groups is 1. The number of rotatable bonds is 1. The predicted octanol–water partition coefficient (Wildman–Crippen LogP) is 0.138. The van der Waals surface area contributed by atoms with Crippen LogP contribution in [0.4, 0.5) is 0 Å². The first-order valence-corrected chi connectivity index (χ1v) is 4.46. The molecule has 0 bridgehead atoms. The van der Waals surface area contributed by atoms with Gasteiger partial charge in [0.15, 0.2) is 0 Å². The summed E-state index contributed by atoms with van der Waals surface area (Å²) in [6, 6.07) is -0.113. The maximum Gasteiger partial charge on any atom is 0.137 e. The molecule has 2 rings (SSSR count). The van der Waals surface area contributed by atoms with Gasteiger partial charge in [-0.15, -0.1) is 0 Å². The smallest absolute Gasteiger partial charge is 0.137 e. The van der Waals surface area contributed by atoms with Gasteiger partial charge in [0.1, 0.15) is 12.5 Å². The van der Waals surface area contributed by atoms with Crippen LogP contribution in [0, 0.1) is 17.3 Å². The predicted molar refractivity (Wildman–Crippen MR) is 44.4 cm³/mol. The average Bonchev–Trinajstić information content (AvgIpc) is 2.22. The molecular weight excluding hydrogens is 154 g/mol. The molecule has 1 unspecified atom stereocenters. The molecule has 0 aromatic rings. The molecule has 1 saturated heterocycles. The molecule has 0 amide bonds. The van der Waals surface area contributed by atoms with E-state index in [9.17, 15) is 9.90 Å². The highest BCUT2D eigenvalue weighted by Crippen LogP contribution is 2.55. The van der Waals surface area contributed by atoms with E-state index < -0.39 is 6.23 Å². The molecule has 12 heavy (non-hydrogen) atoms. The van der Waals surface area contributed by atoms with Gasteiger partial charge in [0.25, 0.3) is 0 Å². The maximum absolute atomic E-state index is 10.6. The fraction of sp³-hybridized carbons (Fsp3) is 0.889. The van der Waals surface area contributed by atoms with Gasteiger partial charge in [0.2, 0.25) is 0 Å². The Bertz CT molecular complexity index is 215. The number of carbonyl (C=O) groups excluding carboxylic acids is 1. The third-order valence-electron chi connectivity index (χ3n) is 3.44. The van der Waals surface area contributed by atoms with Gasteiger partial charge < -0.3 is 9.90 Å². The van der Waals surface area contributed by atoms with Crippen molar-refractivity contribution in [2.24, 2.45) is 17.3 Å². The van der Waals surface area contributed by atoms with E-state index in [1.54, 1.807) is 0 Å². The van der Waals surface area contributed by atoms with E-state index in [0.29, 0.717) is 5.92 Å². The highest BCUT2D eigenvalue weighted by molar-refractivity contribution is 5.60. The van der Waals surface area contributed by atoms with E-state index in [1.165, 1.54) is 0 Å². The van der Waals surface area contributed by atoms with Crippen molar-refractivity contribution in [1.29, 1.82) is 0 Å². The minimum atomic E-state index is -0.478. The molecule has 3 heteroatoms. The van der Waals surface area contributed by atoms with Crippen molar-refractivity contribution < 1.29 is 9.90 Å². The number of aliphatic hydroxyl groups excluding tert-OH is 1. The first kappa shape index (κ1) is 8.20. The van der Waals surface area contributed by atoms with Crippen LogP contribution in [0.1, 0.15) is 20.3 Å². The van der Waals surface area contributed by atoms with Crippen molar-refractivity contribution in [3.63, 3.8) is 0 Å². The van der Waals surface area contributed by atoms with Crippen LogP contribution in [0.5, 0.6) is 0 Å². The third kappa shape index (κ3) is 0.866. The summed E-state index contributed by atoms with van der Waals surface area (Å²) in [4.78, 5) is 10.6. The second kappa shape index (κ2) is 2.30. The molecule has 0 aromatic heterocycles. The zero-order chi connectivity index (χ0) is 8.93. The molecule has 1 heterocycles. The van der Waals surface area contributed by atoms with E-state index in [0.717, 1.165) is 12.7 Å². The molecule has 2 aliphatic rings. The van der Waals surface area contributed by atoms with Gasteiger partial charge in [-0.1, -0.05) is 13.8 Å². The van der Waals surface area contributed by atoms with Crippen molar-refractivity contribution >= 4 is 6.29 Å². The number of nitrogens with one attached hydrogen (secondary N) is 1. The van der Waals surface area contributed by atoms with E-state index in [2.05, 4.69) is 19.2 Å². The molecule has 0 radical (unpaired) electrons. The summed E-state index contributed by atoms with van der Waals surface area (Å²) >= 11 is 0. The van der Waals surface area contributed by atoms with Crippen LogP contribution >= 0.6 is 0 Å². The fourth-order valence-corrected chi connectivity index (χ4v) is 2.87. The van der Waals surface area contributed by atoms with Gasteiger partial charge in [-0.2, -0.15) is 0 Å². The zero-order valence-corrected chi connectivity index (χ0v) is 7.45. The largest absolute Gasteiger partial charge is 0.378 e. The maximum atomic E-state index is 10.6. The average molecular weight is 169 g/mol. The summed E-state index contributed by atoms with van der Waals surface area (Å²) in [5.74, 6) is 0.639. The van der Waals surface area contributed by atoms with Gasteiger partial charge in [-0.05, 0) is 17.8 Å². The normalized spacial score (nSPS) is 49.6. The molecule has 1 aliphatic carbocycles. The first-order valence-electron chi connectivity index (χ1n) is 4.46. The summed E-state index contributed by atoms with van der Waals surface area (Å²) in [7, 11) is 0. The van der Waals surface area contributed by atoms with Crippen LogP contribution in [0.15, 0.2) is 0 Å². The number of hydrogen-bond acceptors (Lipinski definition) is 3. The van der Waals surface area contributed by atoms with E-state index in [-0.39, 0.29) is 17.4 Å². The second-order valence-corrected chi connectivity index (χ2v) is 4.66. The lowest BCUT2D eigenvalue weighted by Crippen LogP contribution is -2.47. The topological polar surface area (TPSA) is 49.3 Å². The molecule has 2 N–H and O–H groups in total. The van der Waals surface area contributed by atoms with Gasteiger partial charge >= 0.3 is 0 Å². The quantitative estimate of drug-likeness (QED) is 0.549. The van der Waals surface area contributed by atoms with Crippen LogP contribution in [0.2, 0.25) is 0 Å². The summed E-state index contributed by atoms with van der Waals surface area (Å²) < 4.78 is 0. The number of fused-ring (bicyclic) bond motifs is 1. The Balaban J connectivity index is 2.15. The van der Waals surface area contributed by atoms with Crippen molar-refractivity contribution in [3.05, 3.63) is 0 Å². The van der Waals surface area contributed by atoms with Gasteiger partial charge in [0, 0.05) is 5.92 Å². The SMILES string of the molecule is CC1(C)C[C@@H]2[C@@H](C=O)NC(O)[C@@H]21. The lowest BCUT2D eigenvalue weighted by atomic mass is 9.55. The lowest BCUT2D eigenvalue weighted by Gasteiger charge is -2.49. The van der Waals surface area contributed by atoms with Gasteiger partial charge in [0.05, 0.1) is 6.04 Å². The minimum Gasteiger partial charge on any atom is -0.378 e.